The number of hydrogen-bond acceptors (Lipinski definition) is 4. The quantitative estimate of drug-likeness (QED) is 0.617. The van der Waals surface area contributed by atoms with Gasteiger partial charge in [0, 0.05) is 30.1 Å². The van der Waals surface area contributed by atoms with Gasteiger partial charge in [0.25, 0.3) is 0 Å². The van der Waals surface area contributed by atoms with E-state index in [0.717, 1.165) is 32.0 Å². The summed E-state index contributed by atoms with van der Waals surface area (Å²) < 4.78 is 12.4. The Kier molecular flexibility index (Phi) is 5.36. The second kappa shape index (κ2) is 7.11. The fourth-order valence-corrected chi connectivity index (χ4v) is 6.18. The predicted octanol–water partition coefficient (Wildman–Crippen LogP) is 3.34. The molecule has 2 saturated carbocycles. The monoisotopic (exact) mass is 360 g/mol. The Morgan fingerprint density at radius 1 is 1.31 bits per heavy atom. The molecule has 0 amide bonds. The third-order valence-corrected chi connectivity index (χ3v) is 7.78. The average molecular weight is 360 g/mol. The Balaban J connectivity index is 2.08. The lowest BCUT2D eigenvalue weighted by atomic mass is 9.47. The maximum atomic E-state index is 11.8. The highest BCUT2D eigenvalue weighted by atomic mass is 16.7. The topological polar surface area (TPSA) is 55.8 Å². The molecule has 0 aromatic carbocycles. The number of aliphatic hydroxyl groups is 1. The number of hydrogen-bond donors (Lipinski definition) is 1. The van der Waals surface area contributed by atoms with Crippen molar-refractivity contribution in [1.82, 2.24) is 0 Å². The van der Waals surface area contributed by atoms with E-state index in [1.54, 1.807) is 6.08 Å². The first-order valence-electron chi connectivity index (χ1n) is 9.88. The van der Waals surface area contributed by atoms with Gasteiger partial charge in [-0.2, -0.15) is 0 Å². The van der Waals surface area contributed by atoms with Crippen molar-refractivity contribution in [2.45, 2.75) is 64.8 Å². The summed E-state index contributed by atoms with van der Waals surface area (Å²) in [6.45, 7) is 11.2. The van der Waals surface area contributed by atoms with Crippen molar-refractivity contribution in [3.05, 3.63) is 12.7 Å². The van der Waals surface area contributed by atoms with Crippen LogP contribution >= 0.6 is 0 Å². The predicted molar refractivity (Wildman–Crippen MR) is 100 cm³/mol. The molecule has 0 unspecified atom stereocenters. The van der Waals surface area contributed by atoms with E-state index >= 15 is 0 Å². The third-order valence-electron chi connectivity index (χ3n) is 7.78. The summed E-state index contributed by atoms with van der Waals surface area (Å²) in [4.78, 5) is 11.8. The highest BCUT2D eigenvalue weighted by Gasteiger charge is 2.71. The highest BCUT2D eigenvalue weighted by molar-refractivity contribution is 5.55. The van der Waals surface area contributed by atoms with Crippen LogP contribution in [0.1, 0.15) is 52.9 Å². The van der Waals surface area contributed by atoms with Gasteiger partial charge in [-0.05, 0) is 36.7 Å². The molecular formula is C22H32O4. The first kappa shape index (κ1) is 19.6. The van der Waals surface area contributed by atoms with E-state index in [9.17, 15) is 9.90 Å². The molecule has 3 fully saturated rings. The standard InChI is InChI=1S/C22H32O4/c1-5-6-7-8-18(24)20(4)16(2)9-10-21(17(3)15-23)11-12-22(19(20)21)25-13-14-26-22/h5,15-19,24H,1,8-14H2,2-4H3/t16-,17-,18-,19+,20+,21+/m1/s1. The van der Waals surface area contributed by atoms with Gasteiger partial charge in [-0.3, -0.25) is 0 Å². The molecule has 0 radical (unpaired) electrons. The van der Waals surface area contributed by atoms with Gasteiger partial charge >= 0.3 is 0 Å². The van der Waals surface area contributed by atoms with Crippen LogP contribution in [0.4, 0.5) is 0 Å². The maximum Gasteiger partial charge on any atom is 0.172 e. The van der Waals surface area contributed by atoms with E-state index in [4.69, 9.17) is 9.47 Å². The van der Waals surface area contributed by atoms with Crippen LogP contribution in [0.25, 0.3) is 0 Å². The number of allylic oxidation sites excluding steroid dienone is 1. The molecule has 4 heteroatoms. The average Bonchev–Trinajstić information content (AvgIpc) is 3.24. The van der Waals surface area contributed by atoms with Gasteiger partial charge in [-0.1, -0.05) is 39.2 Å². The minimum atomic E-state index is -0.673. The van der Waals surface area contributed by atoms with Gasteiger partial charge in [0.1, 0.15) is 6.29 Å². The Morgan fingerprint density at radius 3 is 2.62 bits per heavy atom. The number of fused-ring (bicyclic) bond motifs is 2. The normalized spacial score (nSPS) is 40.3. The summed E-state index contributed by atoms with van der Waals surface area (Å²) in [6.07, 6.45) is 6.11. The molecule has 6 atom stereocenters. The van der Waals surface area contributed by atoms with Gasteiger partial charge in [0.05, 0.1) is 19.3 Å². The van der Waals surface area contributed by atoms with E-state index in [-0.39, 0.29) is 17.3 Å². The second-order valence-electron chi connectivity index (χ2n) is 8.65. The smallest absolute Gasteiger partial charge is 0.172 e. The van der Waals surface area contributed by atoms with E-state index in [0.29, 0.717) is 25.6 Å². The summed E-state index contributed by atoms with van der Waals surface area (Å²) in [6, 6.07) is 0. The molecular weight excluding hydrogens is 328 g/mol. The minimum Gasteiger partial charge on any atom is -0.392 e. The van der Waals surface area contributed by atoms with Crippen LogP contribution in [-0.4, -0.2) is 36.5 Å². The minimum absolute atomic E-state index is 0.0190. The van der Waals surface area contributed by atoms with Gasteiger partial charge in [0.15, 0.2) is 5.79 Å². The van der Waals surface area contributed by atoms with Crippen molar-refractivity contribution in [3.8, 4) is 11.8 Å². The van der Waals surface area contributed by atoms with E-state index in [1.165, 1.54) is 0 Å². The van der Waals surface area contributed by atoms with Gasteiger partial charge < -0.3 is 19.4 Å². The number of carbonyl (C=O) groups excluding carboxylic acids is 1. The zero-order chi connectivity index (χ0) is 19.0. The van der Waals surface area contributed by atoms with Crippen LogP contribution in [0, 0.1) is 40.4 Å². The Bertz CT molecular complexity index is 611. The fourth-order valence-electron chi connectivity index (χ4n) is 6.18. The molecule has 0 aromatic heterocycles. The van der Waals surface area contributed by atoms with Crippen molar-refractivity contribution < 1.29 is 19.4 Å². The first-order chi connectivity index (χ1) is 12.4. The lowest BCUT2D eigenvalue weighted by Gasteiger charge is -2.59. The molecule has 0 bridgehead atoms. The number of rotatable bonds is 4. The van der Waals surface area contributed by atoms with Crippen LogP contribution in [-0.2, 0) is 14.3 Å². The molecule has 1 heterocycles. The number of aliphatic hydroxyl groups excluding tert-OH is 1. The van der Waals surface area contributed by atoms with Crippen LogP contribution in [0.3, 0.4) is 0 Å². The number of carbonyl (C=O) groups is 1. The molecule has 26 heavy (non-hydrogen) atoms. The largest absolute Gasteiger partial charge is 0.392 e. The van der Waals surface area contributed by atoms with Crippen LogP contribution in [0.15, 0.2) is 12.7 Å². The number of ether oxygens (including phenoxy) is 2. The highest BCUT2D eigenvalue weighted by Crippen LogP contribution is 2.69. The molecule has 3 aliphatic rings. The molecule has 144 valence electrons. The van der Waals surface area contributed by atoms with Crippen molar-refractivity contribution in [3.63, 3.8) is 0 Å². The summed E-state index contributed by atoms with van der Waals surface area (Å²) in [5.74, 6) is 5.39. The van der Waals surface area contributed by atoms with Crippen molar-refractivity contribution in [1.29, 1.82) is 0 Å². The fraction of sp³-hybridized carbons (Fsp3) is 0.773. The van der Waals surface area contributed by atoms with Crippen LogP contribution < -0.4 is 0 Å². The first-order valence-corrected chi connectivity index (χ1v) is 9.88. The zero-order valence-corrected chi connectivity index (χ0v) is 16.3. The van der Waals surface area contributed by atoms with Crippen LogP contribution in [0.5, 0.6) is 0 Å². The molecule has 1 aliphatic heterocycles. The van der Waals surface area contributed by atoms with Gasteiger partial charge in [-0.15, -0.1) is 0 Å². The lowest BCUT2D eigenvalue weighted by Crippen LogP contribution is -2.61. The number of aldehydes is 1. The van der Waals surface area contributed by atoms with E-state index in [1.807, 2.05) is 6.92 Å². The third kappa shape index (κ3) is 2.68. The van der Waals surface area contributed by atoms with Gasteiger partial charge in [0.2, 0.25) is 0 Å². The van der Waals surface area contributed by atoms with Crippen molar-refractivity contribution in [2.24, 2.45) is 28.6 Å². The van der Waals surface area contributed by atoms with Gasteiger partial charge in [-0.25, -0.2) is 0 Å². The molecule has 1 N–H and O–H groups in total. The summed E-state index contributed by atoms with van der Waals surface area (Å²) >= 11 is 0. The maximum absolute atomic E-state index is 11.8. The van der Waals surface area contributed by atoms with E-state index in [2.05, 4.69) is 32.3 Å². The SMILES string of the molecule is C=CC#CC[C@@H](O)[C@]1(C)[C@H](C)CC[C@@]2([C@H](C)C=O)CCC3(OCCO3)[C@H]21. The van der Waals surface area contributed by atoms with Crippen molar-refractivity contribution >= 4 is 6.29 Å². The molecule has 4 nitrogen and oxygen atoms in total. The summed E-state index contributed by atoms with van der Waals surface area (Å²) in [5, 5.41) is 11.3. The Morgan fingerprint density at radius 2 is 2.00 bits per heavy atom. The molecule has 3 rings (SSSR count). The second-order valence-corrected chi connectivity index (χ2v) is 8.65. The molecule has 2 aliphatic carbocycles. The summed E-state index contributed by atoms with van der Waals surface area (Å²) in [5.41, 5.74) is -0.605. The Hall–Kier alpha value is -1.15. The molecule has 1 spiro atoms. The zero-order valence-electron chi connectivity index (χ0n) is 16.3. The van der Waals surface area contributed by atoms with Crippen LogP contribution in [0.2, 0.25) is 0 Å². The lowest BCUT2D eigenvalue weighted by molar-refractivity contribution is -0.263. The molecule has 0 aromatic rings. The Labute approximate surface area is 157 Å². The summed E-state index contributed by atoms with van der Waals surface area (Å²) in [7, 11) is 0. The van der Waals surface area contributed by atoms with E-state index < -0.39 is 17.3 Å². The molecule has 1 saturated heterocycles. The van der Waals surface area contributed by atoms with Crippen molar-refractivity contribution in [2.75, 3.05) is 13.2 Å².